The molecule has 0 radical (unpaired) electrons. The summed E-state index contributed by atoms with van der Waals surface area (Å²) in [5, 5.41) is 5.70. The highest BCUT2D eigenvalue weighted by atomic mass is 19.1. The van der Waals surface area contributed by atoms with Crippen LogP contribution in [0, 0.1) is 5.82 Å². The van der Waals surface area contributed by atoms with Gasteiger partial charge in [-0.3, -0.25) is 9.78 Å². The number of pyridine rings is 1. The largest absolute Gasteiger partial charge is 0.324 e. The molecule has 0 saturated carbocycles. The van der Waals surface area contributed by atoms with Gasteiger partial charge in [-0.15, -0.1) is 0 Å². The number of rotatable bonds is 6. The highest BCUT2D eigenvalue weighted by Gasteiger charge is 2.05. The summed E-state index contributed by atoms with van der Waals surface area (Å²) < 4.78 is 13.3. The van der Waals surface area contributed by atoms with Crippen LogP contribution in [0.1, 0.15) is 12.0 Å². The van der Waals surface area contributed by atoms with Gasteiger partial charge >= 0.3 is 0 Å². The van der Waals surface area contributed by atoms with Gasteiger partial charge in [0, 0.05) is 31.9 Å². The maximum absolute atomic E-state index is 13.3. The van der Waals surface area contributed by atoms with E-state index in [4.69, 9.17) is 0 Å². The molecule has 1 amide bonds. The fourth-order valence-electron chi connectivity index (χ4n) is 1.71. The van der Waals surface area contributed by atoms with E-state index in [-0.39, 0.29) is 11.6 Å². The van der Waals surface area contributed by atoms with Crippen LogP contribution < -0.4 is 10.6 Å². The lowest BCUT2D eigenvalue weighted by Gasteiger charge is -2.07. The Hall–Kier alpha value is -2.27. The number of aromatic nitrogens is 1. The molecule has 20 heavy (non-hydrogen) atoms. The van der Waals surface area contributed by atoms with E-state index in [9.17, 15) is 9.18 Å². The number of nitrogens with zero attached hydrogens (tertiary/aromatic N) is 1. The Morgan fingerprint density at radius 3 is 2.65 bits per heavy atom. The summed E-state index contributed by atoms with van der Waals surface area (Å²) >= 11 is 0. The van der Waals surface area contributed by atoms with Crippen LogP contribution in [0.4, 0.5) is 10.1 Å². The van der Waals surface area contributed by atoms with Crippen molar-refractivity contribution in [2.24, 2.45) is 0 Å². The highest BCUT2D eigenvalue weighted by molar-refractivity contribution is 5.90. The third-order valence-electron chi connectivity index (χ3n) is 2.76. The van der Waals surface area contributed by atoms with E-state index < -0.39 is 5.82 Å². The Balaban J connectivity index is 1.69. The average Bonchev–Trinajstić information content (AvgIpc) is 2.47. The van der Waals surface area contributed by atoms with Crippen molar-refractivity contribution in [1.82, 2.24) is 10.3 Å². The molecule has 0 aliphatic heterocycles. The molecular formula is C15H16FN3O. The predicted octanol–water partition coefficient (Wildman–Crippen LogP) is 2.34. The van der Waals surface area contributed by atoms with Gasteiger partial charge in [0.15, 0.2) is 0 Å². The molecule has 0 bridgehead atoms. The first-order valence-electron chi connectivity index (χ1n) is 6.40. The molecule has 0 aliphatic carbocycles. The van der Waals surface area contributed by atoms with E-state index in [2.05, 4.69) is 15.6 Å². The molecular weight excluding hydrogens is 257 g/mol. The maximum Gasteiger partial charge on any atom is 0.225 e. The number of hydrogen-bond acceptors (Lipinski definition) is 3. The lowest BCUT2D eigenvalue weighted by Crippen LogP contribution is -2.21. The average molecular weight is 273 g/mol. The molecule has 1 heterocycles. The molecule has 0 saturated heterocycles. The van der Waals surface area contributed by atoms with E-state index in [1.807, 2.05) is 12.1 Å². The van der Waals surface area contributed by atoms with Crippen molar-refractivity contribution in [2.75, 3.05) is 11.9 Å². The van der Waals surface area contributed by atoms with Crippen molar-refractivity contribution in [3.63, 3.8) is 0 Å². The second-order valence-corrected chi connectivity index (χ2v) is 4.31. The lowest BCUT2D eigenvalue weighted by atomic mass is 10.2. The van der Waals surface area contributed by atoms with Crippen LogP contribution in [0.2, 0.25) is 0 Å². The zero-order valence-electron chi connectivity index (χ0n) is 11.0. The van der Waals surface area contributed by atoms with E-state index in [0.717, 1.165) is 5.56 Å². The standard InChI is InChI=1S/C15H16FN3O/c16-13-3-1-2-4-14(13)19-15(20)7-10-18-11-12-5-8-17-9-6-12/h1-6,8-9,18H,7,10-11H2,(H,19,20). The molecule has 0 aliphatic rings. The van der Waals surface area contributed by atoms with E-state index in [1.165, 1.54) is 12.1 Å². The normalized spacial score (nSPS) is 10.2. The number of benzene rings is 1. The number of carbonyl (C=O) groups is 1. The number of hydrogen-bond donors (Lipinski definition) is 2. The minimum atomic E-state index is -0.425. The van der Waals surface area contributed by atoms with Crippen molar-refractivity contribution in [1.29, 1.82) is 0 Å². The zero-order valence-corrected chi connectivity index (χ0v) is 11.0. The van der Waals surface area contributed by atoms with Crippen molar-refractivity contribution < 1.29 is 9.18 Å². The zero-order chi connectivity index (χ0) is 14.2. The fraction of sp³-hybridized carbons (Fsp3) is 0.200. The molecule has 0 unspecified atom stereocenters. The predicted molar refractivity (Wildman–Crippen MR) is 75.6 cm³/mol. The van der Waals surface area contributed by atoms with Gasteiger partial charge < -0.3 is 10.6 Å². The van der Waals surface area contributed by atoms with Crippen molar-refractivity contribution in [2.45, 2.75) is 13.0 Å². The second kappa shape index (κ2) is 7.35. The van der Waals surface area contributed by atoms with Crippen LogP contribution in [0.5, 0.6) is 0 Å². The minimum absolute atomic E-state index is 0.211. The van der Waals surface area contributed by atoms with Crippen LogP contribution in [-0.2, 0) is 11.3 Å². The first-order valence-corrected chi connectivity index (χ1v) is 6.40. The summed E-state index contributed by atoms with van der Waals surface area (Å²) in [6.07, 6.45) is 3.74. The highest BCUT2D eigenvalue weighted by Crippen LogP contribution is 2.12. The van der Waals surface area contributed by atoms with Gasteiger partial charge in [0.2, 0.25) is 5.91 Å². The Labute approximate surface area is 117 Å². The summed E-state index contributed by atoms with van der Waals surface area (Å²) in [4.78, 5) is 15.6. The second-order valence-electron chi connectivity index (χ2n) is 4.31. The fourth-order valence-corrected chi connectivity index (χ4v) is 1.71. The van der Waals surface area contributed by atoms with Crippen LogP contribution in [-0.4, -0.2) is 17.4 Å². The van der Waals surface area contributed by atoms with Crippen LogP contribution in [0.25, 0.3) is 0 Å². The summed E-state index contributed by atoms with van der Waals surface area (Å²) in [5.74, 6) is -0.636. The van der Waals surface area contributed by atoms with E-state index in [0.29, 0.717) is 19.5 Å². The number of halogens is 1. The molecule has 104 valence electrons. The summed E-state index contributed by atoms with van der Waals surface area (Å²) in [6, 6.07) is 9.94. The van der Waals surface area contributed by atoms with Crippen LogP contribution in [0.3, 0.4) is 0 Å². The Kier molecular flexibility index (Phi) is 5.20. The number of amides is 1. The number of carbonyl (C=O) groups excluding carboxylic acids is 1. The number of para-hydroxylation sites is 1. The smallest absolute Gasteiger partial charge is 0.225 e. The number of nitrogens with one attached hydrogen (secondary N) is 2. The third-order valence-corrected chi connectivity index (χ3v) is 2.76. The Bertz CT molecular complexity index is 560. The molecule has 1 aromatic heterocycles. The van der Waals surface area contributed by atoms with Crippen molar-refractivity contribution in [3.05, 3.63) is 60.2 Å². The molecule has 5 heteroatoms. The lowest BCUT2D eigenvalue weighted by molar-refractivity contribution is -0.116. The van der Waals surface area contributed by atoms with E-state index >= 15 is 0 Å². The third kappa shape index (κ3) is 4.44. The van der Waals surface area contributed by atoms with Gasteiger partial charge in [0.05, 0.1) is 5.69 Å². The van der Waals surface area contributed by atoms with Gasteiger partial charge in [-0.05, 0) is 29.8 Å². The molecule has 0 spiro atoms. The molecule has 2 N–H and O–H groups in total. The molecule has 2 aromatic rings. The van der Waals surface area contributed by atoms with Crippen LogP contribution >= 0.6 is 0 Å². The minimum Gasteiger partial charge on any atom is -0.324 e. The van der Waals surface area contributed by atoms with E-state index in [1.54, 1.807) is 24.5 Å². The molecule has 2 rings (SSSR count). The van der Waals surface area contributed by atoms with Crippen molar-refractivity contribution >= 4 is 11.6 Å². The Morgan fingerprint density at radius 2 is 1.90 bits per heavy atom. The van der Waals surface area contributed by atoms with Crippen LogP contribution in [0.15, 0.2) is 48.8 Å². The quantitative estimate of drug-likeness (QED) is 0.794. The van der Waals surface area contributed by atoms with Gasteiger partial charge in [-0.1, -0.05) is 12.1 Å². The summed E-state index contributed by atoms with van der Waals surface area (Å²) in [6.45, 7) is 1.21. The monoisotopic (exact) mass is 273 g/mol. The van der Waals surface area contributed by atoms with Gasteiger partial charge in [-0.25, -0.2) is 4.39 Å². The van der Waals surface area contributed by atoms with Crippen molar-refractivity contribution in [3.8, 4) is 0 Å². The number of anilines is 1. The molecule has 0 fully saturated rings. The SMILES string of the molecule is O=C(CCNCc1ccncc1)Nc1ccccc1F. The first kappa shape index (κ1) is 14.1. The molecule has 0 atom stereocenters. The maximum atomic E-state index is 13.3. The molecule has 4 nitrogen and oxygen atoms in total. The first-order chi connectivity index (χ1) is 9.75. The molecule has 1 aromatic carbocycles. The Morgan fingerprint density at radius 1 is 1.15 bits per heavy atom. The van der Waals surface area contributed by atoms with Gasteiger partial charge in [-0.2, -0.15) is 0 Å². The van der Waals surface area contributed by atoms with Gasteiger partial charge in [0.25, 0.3) is 0 Å². The summed E-state index contributed by atoms with van der Waals surface area (Å²) in [7, 11) is 0. The summed E-state index contributed by atoms with van der Waals surface area (Å²) in [5.41, 5.74) is 1.32. The topological polar surface area (TPSA) is 54.0 Å². The van der Waals surface area contributed by atoms with Gasteiger partial charge in [0.1, 0.15) is 5.82 Å².